The molecule has 2 aromatic carbocycles. The number of benzene rings is 2. The van der Waals surface area contributed by atoms with Gasteiger partial charge in [-0.2, -0.15) is 0 Å². The first-order valence-corrected chi connectivity index (χ1v) is 7.75. The number of nitrogens with one attached hydrogen (secondary N) is 1. The Bertz CT molecular complexity index is 739. The van der Waals surface area contributed by atoms with Gasteiger partial charge in [-0.1, -0.05) is 18.2 Å². The lowest BCUT2D eigenvalue weighted by molar-refractivity contribution is 0.0936. The molecule has 1 aliphatic carbocycles. The van der Waals surface area contributed by atoms with Crippen LogP contribution in [-0.2, 0) is 6.42 Å². The molecule has 1 atom stereocenters. The average Bonchev–Trinajstić information content (AvgIpc) is 2.95. The Morgan fingerprint density at radius 2 is 1.83 bits per heavy atom. The fourth-order valence-electron chi connectivity index (χ4n) is 3.15. The van der Waals surface area contributed by atoms with Gasteiger partial charge in [0.05, 0.1) is 20.3 Å². The van der Waals surface area contributed by atoms with Gasteiger partial charge in [-0.25, -0.2) is 0 Å². The molecule has 4 nitrogen and oxygen atoms in total. The summed E-state index contributed by atoms with van der Waals surface area (Å²) in [6, 6.07) is 11.6. The molecular weight excluding hydrogens is 290 g/mol. The molecule has 0 radical (unpaired) electrons. The minimum Gasteiger partial charge on any atom is -0.493 e. The SMILES string of the molecule is COc1cc2c(cc1OC)C(NC(=O)c1ccccc1C)CC2. The lowest BCUT2D eigenvalue weighted by Gasteiger charge is -2.17. The van der Waals surface area contributed by atoms with E-state index in [1.54, 1.807) is 14.2 Å². The summed E-state index contributed by atoms with van der Waals surface area (Å²) in [6.45, 7) is 1.95. The number of carbonyl (C=O) groups is 1. The smallest absolute Gasteiger partial charge is 0.252 e. The van der Waals surface area contributed by atoms with E-state index < -0.39 is 0 Å². The topological polar surface area (TPSA) is 47.6 Å². The third-order valence-electron chi connectivity index (χ3n) is 4.42. The molecule has 0 aromatic heterocycles. The quantitative estimate of drug-likeness (QED) is 0.941. The van der Waals surface area contributed by atoms with Crippen LogP contribution < -0.4 is 14.8 Å². The van der Waals surface area contributed by atoms with E-state index in [-0.39, 0.29) is 11.9 Å². The highest BCUT2D eigenvalue weighted by Gasteiger charge is 2.26. The maximum absolute atomic E-state index is 12.5. The molecule has 23 heavy (non-hydrogen) atoms. The molecule has 0 saturated carbocycles. The summed E-state index contributed by atoms with van der Waals surface area (Å²) in [5.74, 6) is 1.40. The summed E-state index contributed by atoms with van der Waals surface area (Å²) in [6.07, 6.45) is 1.82. The van der Waals surface area contributed by atoms with Gasteiger partial charge >= 0.3 is 0 Å². The van der Waals surface area contributed by atoms with E-state index in [0.29, 0.717) is 5.75 Å². The first kappa shape index (κ1) is 15.4. The Kier molecular flexibility index (Phi) is 4.24. The molecule has 1 amide bonds. The van der Waals surface area contributed by atoms with Crippen molar-refractivity contribution in [1.82, 2.24) is 5.32 Å². The summed E-state index contributed by atoms with van der Waals surface area (Å²) >= 11 is 0. The lowest BCUT2D eigenvalue weighted by atomic mass is 10.0. The molecular formula is C19H21NO3. The van der Waals surface area contributed by atoms with Crippen molar-refractivity contribution in [2.45, 2.75) is 25.8 Å². The Morgan fingerprint density at radius 3 is 2.52 bits per heavy atom. The summed E-state index contributed by atoms with van der Waals surface area (Å²) < 4.78 is 10.7. The van der Waals surface area contributed by atoms with Gasteiger partial charge in [-0.15, -0.1) is 0 Å². The highest BCUT2D eigenvalue weighted by atomic mass is 16.5. The third-order valence-corrected chi connectivity index (χ3v) is 4.42. The number of methoxy groups -OCH3 is 2. The van der Waals surface area contributed by atoms with Crippen LogP contribution in [0.5, 0.6) is 11.5 Å². The van der Waals surface area contributed by atoms with Crippen LogP contribution in [0.15, 0.2) is 36.4 Å². The van der Waals surface area contributed by atoms with Gasteiger partial charge in [0, 0.05) is 5.56 Å². The fourth-order valence-corrected chi connectivity index (χ4v) is 3.15. The van der Waals surface area contributed by atoms with Crippen LogP contribution in [0.3, 0.4) is 0 Å². The number of hydrogen-bond donors (Lipinski definition) is 1. The Labute approximate surface area is 136 Å². The van der Waals surface area contributed by atoms with Crippen molar-refractivity contribution in [3.63, 3.8) is 0 Å². The number of aryl methyl sites for hydroxylation is 2. The number of hydrogen-bond acceptors (Lipinski definition) is 3. The summed E-state index contributed by atoms with van der Waals surface area (Å²) in [5.41, 5.74) is 4.03. The minimum absolute atomic E-state index is 0.0110. The molecule has 0 bridgehead atoms. The van der Waals surface area contributed by atoms with Crippen molar-refractivity contribution in [3.8, 4) is 11.5 Å². The van der Waals surface area contributed by atoms with Crippen LogP contribution in [0.2, 0.25) is 0 Å². The van der Waals surface area contributed by atoms with Gasteiger partial charge in [0.15, 0.2) is 11.5 Å². The first-order chi connectivity index (χ1) is 11.1. The molecule has 1 N–H and O–H groups in total. The molecule has 0 aliphatic heterocycles. The predicted molar refractivity (Wildman–Crippen MR) is 89.3 cm³/mol. The van der Waals surface area contributed by atoms with E-state index >= 15 is 0 Å². The average molecular weight is 311 g/mol. The van der Waals surface area contributed by atoms with Crippen molar-refractivity contribution in [3.05, 3.63) is 58.7 Å². The molecule has 3 rings (SSSR count). The molecule has 0 spiro atoms. The van der Waals surface area contributed by atoms with Gasteiger partial charge in [-0.3, -0.25) is 4.79 Å². The highest BCUT2D eigenvalue weighted by Crippen LogP contribution is 2.39. The van der Waals surface area contributed by atoms with Crippen molar-refractivity contribution in [1.29, 1.82) is 0 Å². The Hall–Kier alpha value is -2.49. The molecule has 0 saturated heterocycles. The van der Waals surface area contributed by atoms with Gasteiger partial charge in [-0.05, 0) is 54.7 Å². The second-order valence-corrected chi connectivity index (χ2v) is 5.79. The summed E-state index contributed by atoms with van der Waals surface area (Å²) in [5, 5.41) is 3.15. The number of ether oxygens (including phenoxy) is 2. The van der Waals surface area contributed by atoms with Gasteiger partial charge in [0.1, 0.15) is 0 Å². The molecule has 4 heteroatoms. The predicted octanol–water partition coefficient (Wildman–Crippen LogP) is 3.43. The van der Waals surface area contributed by atoms with Crippen molar-refractivity contribution < 1.29 is 14.3 Å². The van der Waals surface area contributed by atoms with Crippen LogP contribution in [-0.4, -0.2) is 20.1 Å². The van der Waals surface area contributed by atoms with Crippen LogP contribution in [0.1, 0.15) is 39.5 Å². The molecule has 1 unspecified atom stereocenters. The van der Waals surface area contributed by atoms with Crippen LogP contribution in [0, 0.1) is 6.92 Å². The first-order valence-electron chi connectivity index (χ1n) is 7.75. The van der Waals surface area contributed by atoms with E-state index in [1.807, 2.05) is 43.3 Å². The van der Waals surface area contributed by atoms with Crippen LogP contribution in [0.25, 0.3) is 0 Å². The standard InChI is InChI=1S/C19H21NO3/c1-12-6-4-5-7-14(12)19(21)20-16-9-8-13-10-17(22-2)18(23-3)11-15(13)16/h4-7,10-11,16H,8-9H2,1-3H3,(H,20,21). The highest BCUT2D eigenvalue weighted by molar-refractivity contribution is 5.95. The minimum atomic E-state index is -0.0317. The zero-order valence-corrected chi connectivity index (χ0v) is 13.7. The van der Waals surface area contributed by atoms with Crippen LogP contribution in [0.4, 0.5) is 0 Å². The van der Waals surface area contributed by atoms with E-state index in [9.17, 15) is 4.79 Å². The fraction of sp³-hybridized carbons (Fsp3) is 0.316. The largest absolute Gasteiger partial charge is 0.493 e. The zero-order valence-electron chi connectivity index (χ0n) is 13.7. The van der Waals surface area contributed by atoms with Gasteiger partial charge < -0.3 is 14.8 Å². The normalized spacial score (nSPS) is 15.9. The van der Waals surface area contributed by atoms with E-state index in [2.05, 4.69) is 5.32 Å². The molecule has 2 aromatic rings. The number of fused-ring (bicyclic) bond motifs is 1. The van der Waals surface area contributed by atoms with E-state index in [0.717, 1.165) is 35.3 Å². The number of amides is 1. The van der Waals surface area contributed by atoms with E-state index in [1.165, 1.54) is 5.56 Å². The van der Waals surface area contributed by atoms with Crippen molar-refractivity contribution >= 4 is 5.91 Å². The third kappa shape index (κ3) is 2.89. The molecule has 0 fully saturated rings. The van der Waals surface area contributed by atoms with Gasteiger partial charge in [0.25, 0.3) is 5.91 Å². The molecule has 0 heterocycles. The summed E-state index contributed by atoms with van der Waals surface area (Å²) in [7, 11) is 3.26. The van der Waals surface area contributed by atoms with Crippen molar-refractivity contribution in [2.24, 2.45) is 0 Å². The Balaban J connectivity index is 1.85. The molecule has 1 aliphatic rings. The van der Waals surface area contributed by atoms with Crippen LogP contribution >= 0.6 is 0 Å². The van der Waals surface area contributed by atoms with Crippen molar-refractivity contribution in [2.75, 3.05) is 14.2 Å². The zero-order chi connectivity index (χ0) is 16.4. The monoisotopic (exact) mass is 311 g/mol. The summed E-state index contributed by atoms with van der Waals surface area (Å²) in [4.78, 5) is 12.5. The number of carbonyl (C=O) groups excluding carboxylic acids is 1. The molecule has 120 valence electrons. The second kappa shape index (κ2) is 6.32. The Morgan fingerprint density at radius 1 is 1.13 bits per heavy atom. The second-order valence-electron chi connectivity index (χ2n) is 5.79. The maximum atomic E-state index is 12.5. The number of rotatable bonds is 4. The van der Waals surface area contributed by atoms with Gasteiger partial charge in [0.2, 0.25) is 0 Å². The lowest BCUT2D eigenvalue weighted by Crippen LogP contribution is -2.27. The van der Waals surface area contributed by atoms with E-state index in [4.69, 9.17) is 9.47 Å². The maximum Gasteiger partial charge on any atom is 0.252 e.